The number of hydrogen-bond acceptors (Lipinski definition) is 14. The van der Waals surface area contributed by atoms with Gasteiger partial charge in [0.2, 0.25) is 0 Å². The zero-order valence-corrected chi connectivity index (χ0v) is 61.8. The van der Waals surface area contributed by atoms with Gasteiger partial charge in [0, 0.05) is 0 Å². The molecule has 0 aliphatic rings. The summed E-state index contributed by atoms with van der Waals surface area (Å²) in [5, 5.41) is 0. The van der Waals surface area contributed by atoms with Crippen LogP contribution in [0.1, 0.15) is 281 Å². The second-order valence-corrected chi connectivity index (χ2v) is 27.1. The average molecular weight is 1450 g/mol. The molecule has 0 saturated carbocycles. The standard InChI is InChI=1S/C90H104F2O14/c1-3-5-7-9-11-13-15-17-19-21-23-25-27-29-31-33-61-99-83-59-49-73(65-81(83)91)89(97)103-77-55-45-69(46-56-77)85(93)105-79-39-35-37-71(63-79)87(95)101-75-51-41-67(42-52-75)68-43-53-76(54-44-68)102-88(96)72-38-36-40-80(64-72)106-86(94)70-47-57-78(58-48-70)104-90(98)74-50-60-84(82(92)66-74)100-62-34-32-30-28-26-24-22-20-18-16-14-12-10-8-6-4-2/h35-60,63-66H,3-34,61-62H2,1-2H3. The molecule has 0 bridgehead atoms. The molecule has 0 spiro atoms. The Morgan fingerprint density at radius 2 is 0.462 bits per heavy atom. The van der Waals surface area contributed by atoms with Gasteiger partial charge in [0.15, 0.2) is 23.1 Å². The fourth-order valence-corrected chi connectivity index (χ4v) is 12.3. The van der Waals surface area contributed by atoms with Crippen molar-refractivity contribution < 1.29 is 75.4 Å². The van der Waals surface area contributed by atoms with Crippen LogP contribution < -0.4 is 37.9 Å². The Balaban J connectivity index is 0.685. The third-order valence-corrected chi connectivity index (χ3v) is 18.5. The second kappa shape index (κ2) is 46.8. The van der Waals surface area contributed by atoms with E-state index in [0.29, 0.717) is 13.2 Å². The molecule has 106 heavy (non-hydrogen) atoms. The number of unbranched alkanes of at least 4 members (excludes halogenated alkanes) is 30. The number of hydrogen-bond donors (Lipinski definition) is 0. The highest BCUT2D eigenvalue weighted by molar-refractivity contribution is 5.96. The van der Waals surface area contributed by atoms with E-state index in [0.717, 1.165) is 61.8 Å². The van der Waals surface area contributed by atoms with Gasteiger partial charge in [-0.25, -0.2) is 37.5 Å². The maximum Gasteiger partial charge on any atom is 0.343 e. The number of esters is 6. The average Bonchev–Trinajstić information content (AvgIpc) is 0.853. The van der Waals surface area contributed by atoms with Crippen LogP contribution in [0.5, 0.6) is 46.0 Å². The van der Waals surface area contributed by atoms with E-state index in [2.05, 4.69) is 13.8 Å². The normalized spacial score (nSPS) is 11.0. The Labute approximate surface area is 624 Å². The largest absolute Gasteiger partial charge is 0.491 e. The van der Waals surface area contributed by atoms with Gasteiger partial charge >= 0.3 is 35.8 Å². The molecule has 0 unspecified atom stereocenters. The molecule has 0 amide bonds. The Kier molecular flexibility index (Phi) is 36.1. The first kappa shape index (κ1) is 81.7. The highest BCUT2D eigenvalue weighted by atomic mass is 19.1. The molecule has 0 aliphatic heterocycles. The van der Waals surface area contributed by atoms with Gasteiger partial charge in [0.25, 0.3) is 0 Å². The molecule has 0 radical (unpaired) electrons. The molecular weight excluding hydrogens is 1340 g/mol. The lowest BCUT2D eigenvalue weighted by atomic mass is 10.0. The summed E-state index contributed by atoms with van der Waals surface area (Å²) in [5.41, 5.74) is 2.03. The van der Waals surface area contributed by atoms with E-state index in [9.17, 15) is 37.5 Å². The van der Waals surface area contributed by atoms with E-state index >= 15 is 0 Å². The molecule has 8 aromatic rings. The second-order valence-electron chi connectivity index (χ2n) is 27.1. The van der Waals surface area contributed by atoms with Gasteiger partial charge in [-0.3, -0.25) is 0 Å². The summed E-state index contributed by atoms with van der Waals surface area (Å²) in [7, 11) is 0. The predicted octanol–water partition coefficient (Wildman–Crippen LogP) is 24.2. The number of carbonyl (C=O) groups is 6. The zero-order valence-electron chi connectivity index (χ0n) is 61.8. The number of benzene rings is 8. The molecule has 16 heteroatoms. The van der Waals surface area contributed by atoms with Gasteiger partial charge in [0.1, 0.15) is 34.5 Å². The molecule has 0 fully saturated rings. The molecule has 8 rings (SSSR count). The summed E-state index contributed by atoms with van der Waals surface area (Å²) in [6.45, 7) is 5.28. The van der Waals surface area contributed by atoms with Gasteiger partial charge in [-0.15, -0.1) is 0 Å². The number of halogens is 2. The monoisotopic (exact) mass is 1450 g/mol. The topological polar surface area (TPSA) is 176 Å². The van der Waals surface area contributed by atoms with Crippen LogP contribution in [0, 0.1) is 11.6 Å². The van der Waals surface area contributed by atoms with Crippen LogP contribution in [0.3, 0.4) is 0 Å². The number of carbonyl (C=O) groups excluding carboxylic acids is 6. The summed E-state index contributed by atoms with van der Waals surface area (Å²) in [4.78, 5) is 78.8. The van der Waals surface area contributed by atoms with Crippen molar-refractivity contribution in [2.45, 2.75) is 219 Å². The van der Waals surface area contributed by atoms with Crippen molar-refractivity contribution >= 4 is 35.8 Å². The van der Waals surface area contributed by atoms with Crippen LogP contribution in [-0.4, -0.2) is 49.0 Å². The van der Waals surface area contributed by atoms with E-state index in [-0.39, 0.29) is 79.4 Å². The highest BCUT2D eigenvalue weighted by Crippen LogP contribution is 2.30. The Bertz CT molecular complexity index is 3720. The maximum absolute atomic E-state index is 15.0. The van der Waals surface area contributed by atoms with Crippen molar-refractivity contribution in [3.8, 4) is 57.1 Å². The molecule has 8 aromatic carbocycles. The van der Waals surface area contributed by atoms with Crippen molar-refractivity contribution in [3.63, 3.8) is 0 Å². The third kappa shape index (κ3) is 29.5. The van der Waals surface area contributed by atoms with Crippen molar-refractivity contribution in [1.82, 2.24) is 0 Å². The highest BCUT2D eigenvalue weighted by Gasteiger charge is 2.20. The van der Waals surface area contributed by atoms with E-state index in [4.69, 9.17) is 37.9 Å². The lowest BCUT2D eigenvalue weighted by Crippen LogP contribution is -2.12. The molecule has 0 aliphatic carbocycles. The molecule has 0 atom stereocenters. The third-order valence-electron chi connectivity index (χ3n) is 18.5. The van der Waals surface area contributed by atoms with Gasteiger partial charge in [0.05, 0.1) is 46.6 Å². The van der Waals surface area contributed by atoms with E-state index < -0.39 is 47.5 Å². The lowest BCUT2D eigenvalue weighted by molar-refractivity contribution is 0.0713. The Morgan fingerprint density at radius 1 is 0.236 bits per heavy atom. The van der Waals surface area contributed by atoms with Crippen molar-refractivity contribution in [1.29, 1.82) is 0 Å². The van der Waals surface area contributed by atoms with Crippen LogP contribution in [0.2, 0.25) is 0 Å². The molecule has 0 aromatic heterocycles. The van der Waals surface area contributed by atoms with Crippen LogP contribution in [0.15, 0.2) is 182 Å². The fourth-order valence-electron chi connectivity index (χ4n) is 12.3. The van der Waals surface area contributed by atoms with Gasteiger partial charge in [-0.2, -0.15) is 0 Å². The van der Waals surface area contributed by atoms with Crippen LogP contribution in [0.4, 0.5) is 8.78 Å². The lowest BCUT2D eigenvalue weighted by Gasteiger charge is -2.10. The van der Waals surface area contributed by atoms with Crippen LogP contribution >= 0.6 is 0 Å². The fraction of sp³-hybridized carbons (Fsp3) is 0.400. The molecule has 14 nitrogen and oxygen atoms in total. The maximum atomic E-state index is 15.0. The molecular formula is C90H104F2O14. The van der Waals surface area contributed by atoms with E-state index in [1.165, 1.54) is 276 Å². The number of rotatable bonds is 49. The minimum atomic E-state index is -0.786. The van der Waals surface area contributed by atoms with Gasteiger partial charge < -0.3 is 37.9 Å². The van der Waals surface area contributed by atoms with E-state index in [1.807, 2.05) is 0 Å². The first-order valence-electron chi connectivity index (χ1n) is 38.6. The summed E-state index contributed by atoms with van der Waals surface area (Å²) < 4.78 is 74.7. The molecule has 0 saturated heterocycles. The predicted molar refractivity (Wildman–Crippen MR) is 410 cm³/mol. The van der Waals surface area contributed by atoms with Crippen molar-refractivity contribution in [2.75, 3.05) is 13.2 Å². The van der Waals surface area contributed by atoms with Gasteiger partial charge in [-0.05, 0) is 170 Å². The summed E-state index contributed by atoms with van der Waals surface area (Å²) in [6.07, 6.45) is 40.4. The molecule has 0 heterocycles. The Hall–Kier alpha value is -9.96. The zero-order chi connectivity index (χ0) is 74.8. The minimum Gasteiger partial charge on any atom is -0.491 e. The van der Waals surface area contributed by atoms with Crippen LogP contribution in [-0.2, 0) is 0 Å². The molecule has 0 N–H and O–H groups in total. The van der Waals surface area contributed by atoms with Crippen molar-refractivity contribution in [2.24, 2.45) is 0 Å². The summed E-state index contributed by atoms with van der Waals surface area (Å²) in [5.74, 6) is -4.74. The van der Waals surface area contributed by atoms with E-state index in [1.54, 1.807) is 60.7 Å². The first-order valence-corrected chi connectivity index (χ1v) is 38.6. The minimum absolute atomic E-state index is 0.00252. The number of ether oxygens (including phenoxy) is 8. The van der Waals surface area contributed by atoms with Crippen molar-refractivity contribution in [3.05, 3.63) is 227 Å². The van der Waals surface area contributed by atoms with Crippen LogP contribution in [0.25, 0.3) is 11.1 Å². The summed E-state index contributed by atoms with van der Waals surface area (Å²) in [6, 6.07) is 44.6. The molecule has 562 valence electrons. The SMILES string of the molecule is CCCCCCCCCCCCCCCCCCOc1ccc(C(=O)Oc2ccc(C(=O)Oc3cccc(C(=O)Oc4ccc(-c5ccc(OC(=O)c6cccc(OC(=O)c7ccc(OC(=O)c8ccc(OCCCCCCCCCCCCCCCCCC)c(F)c8)cc7)c6)cc5)cc4)c3)cc2)cc1F. The van der Waals surface area contributed by atoms with Gasteiger partial charge in [-0.1, -0.05) is 243 Å². The quantitative estimate of drug-likeness (QED) is 0.0200. The smallest absolute Gasteiger partial charge is 0.343 e. The summed E-state index contributed by atoms with van der Waals surface area (Å²) >= 11 is 0. The first-order chi connectivity index (χ1) is 51.8. The Morgan fingerprint density at radius 3 is 0.736 bits per heavy atom.